The summed E-state index contributed by atoms with van der Waals surface area (Å²) in [6.45, 7) is 0.744. The molecule has 90 valence electrons. The number of hydrogen-bond donors (Lipinski definition) is 2. The molecule has 0 saturated heterocycles. The lowest BCUT2D eigenvalue weighted by atomic mass is 10.1. The smallest absolute Gasteiger partial charge is 0.274 e. The van der Waals surface area contributed by atoms with Gasteiger partial charge in [-0.2, -0.15) is 0 Å². The van der Waals surface area contributed by atoms with E-state index in [1.54, 1.807) is 12.1 Å². The molecule has 6 nitrogen and oxygen atoms in total. The van der Waals surface area contributed by atoms with E-state index in [0.717, 1.165) is 11.1 Å². The van der Waals surface area contributed by atoms with Crippen LogP contribution in [0.3, 0.4) is 0 Å². The van der Waals surface area contributed by atoms with Gasteiger partial charge >= 0.3 is 0 Å². The third-order valence-electron chi connectivity index (χ3n) is 2.36. The number of ether oxygens (including phenoxy) is 1. The summed E-state index contributed by atoms with van der Waals surface area (Å²) >= 11 is 0. The predicted molar refractivity (Wildman–Crippen MR) is 57.5 cm³/mol. The molecule has 2 amide bonds. The Labute approximate surface area is 97.6 Å². The molecule has 0 bridgehead atoms. The minimum Gasteiger partial charge on any atom is -0.372 e. The molecule has 0 unspecified atom stereocenters. The number of fused-ring (bicyclic) bond motifs is 1. The summed E-state index contributed by atoms with van der Waals surface area (Å²) in [5, 5.41) is 0. The highest BCUT2D eigenvalue weighted by Gasteiger charge is 2.14. The van der Waals surface area contributed by atoms with Gasteiger partial charge in [-0.1, -0.05) is 6.07 Å². The van der Waals surface area contributed by atoms with Gasteiger partial charge in [0.2, 0.25) is 5.91 Å². The molecule has 1 aromatic carbocycles. The Balaban J connectivity index is 1.97. The maximum Gasteiger partial charge on any atom is 0.274 e. The van der Waals surface area contributed by atoms with E-state index in [-0.39, 0.29) is 6.61 Å². The Morgan fingerprint density at radius 2 is 2.12 bits per heavy atom. The Hall–Kier alpha value is -1.92. The average molecular weight is 236 g/mol. The van der Waals surface area contributed by atoms with E-state index < -0.39 is 11.8 Å². The molecule has 0 aliphatic carbocycles. The lowest BCUT2D eigenvalue weighted by Gasteiger charge is -2.05. The number of amides is 2. The van der Waals surface area contributed by atoms with E-state index in [9.17, 15) is 9.59 Å². The lowest BCUT2D eigenvalue weighted by molar-refractivity contribution is -0.124. The first-order valence-corrected chi connectivity index (χ1v) is 5.07. The number of hydroxylamine groups is 1. The Morgan fingerprint density at radius 3 is 2.88 bits per heavy atom. The summed E-state index contributed by atoms with van der Waals surface area (Å²) < 4.78 is 5.24. The summed E-state index contributed by atoms with van der Waals surface area (Å²) in [4.78, 5) is 26.6. The van der Waals surface area contributed by atoms with Crippen molar-refractivity contribution in [1.29, 1.82) is 0 Å². The molecule has 2 rings (SSSR count). The SMILES string of the molecule is NC(=O)CONC(=O)c1ccc2c(c1)COC2. The first kappa shape index (κ1) is 11.6. The van der Waals surface area contributed by atoms with Crippen LogP contribution in [-0.4, -0.2) is 18.4 Å². The van der Waals surface area contributed by atoms with Crippen LogP contribution >= 0.6 is 0 Å². The van der Waals surface area contributed by atoms with Crippen LogP contribution in [0.25, 0.3) is 0 Å². The van der Waals surface area contributed by atoms with E-state index in [1.165, 1.54) is 0 Å². The van der Waals surface area contributed by atoms with Crippen LogP contribution in [0, 0.1) is 0 Å². The van der Waals surface area contributed by atoms with Gasteiger partial charge in [0.15, 0.2) is 6.61 Å². The van der Waals surface area contributed by atoms with E-state index in [1.807, 2.05) is 6.07 Å². The largest absolute Gasteiger partial charge is 0.372 e. The van der Waals surface area contributed by atoms with Gasteiger partial charge in [-0.15, -0.1) is 0 Å². The quantitative estimate of drug-likeness (QED) is 0.712. The van der Waals surface area contributed by atoms with Crippen LogP contribution in [-0.2, 0) is 27.6 Å². The summed E-state index contributed by atoms with van der Waals surface area (Å²) in [6, 6.07) is 5.26. The zero-order chi connectivity index (χ0) is 12.3. The Bertz CT molecular complexity index is 459. The number of hydrogen-bond acceptors (Lipinski definition) is 4. The van der Waals surface area contributed by atoms with Gasteiger partial charge in [0.25, 0.3) is 5.91 Å². The molecule has 3 N–H and O–H groups in total. The van der Waals surface area contributed by atoms with E-state index in [0.29, 0.717) is 18.8 Å². The first-order valence-electron chi connectivity index (χ1n) is 5.07. The standard InChI is InChI=1S/C11H12N2O4/c12-10(14)6-17-13-11(15)7-1-2-8-4-16-5-9(8)3-7/h1-3H,4-6H2,(H2,12,14)(H,13,15). The van der Waals surface area contributed by atoms with Crippen LogP contribution in [0.15, 0.2) is 18.2 Å². The minimum atomic E-state index is -0.646. The number of rotatable bonds is 4. The molecule has 0 radical (unpaired) electrons. The number of primary amides is 1. The summed E-state index contributed by atoms with van der Waals surface area (Å²) in [7, 11) is 0. The second-order valence-electron chi connectivity index (χ2n) is 3.66. The maximum absolute atomic E-state index is 11.6. The lowest BCUT2D eigenvalue weighted by Crippen LogP contribution is -2.29. The molecule has 0 fully saturated rings. The van der Waals surface area contributed by atoms with Crippen molar-refractivity contribution >= 4 is 11.8 Å². The fourth-order valence-electron chi connectivity index (χ4n) is 1.54. The molecule has 0 spiro atoms. The number of carbonyl (C=O) groups is 2. The van der Waals surface area contributed by atoms with Gasteiger partial charge in [0, 0.05) is 5.56 Å². The van der Waals surface area contributed by atoms with E-state index in [4.69, 9.17) is 10.5 Å². The van der Waals surface area contributed by atoms with E-state index >= 15 is 0 Å². The number of nitrogens with two attached hydrogens (primary N) is 1. The van der Waals surface area contributed by atoms with Crippen LogP contribution < -0.4 is 11.2 Å². The van der Waals surface area contributed by atoms with Crippen molar-refractivity contribution in [3.63, 3.8) is 0 Å². The highest BCUT2D eigenvalue weighted by atomic mass is 16.7. The highest BCUT2D eigenvalue weighted by molar-refractivity contribution is 5.93. The molecular formula is C11H12N2O4. The molecule has 1 aliphatic heterocycles. The van der Waals surface area contributed by atoms with Gasteiger partial charge in [0.1, 0.15) is 0 Å². The third-order valence-corrected chi connectivity index (χ3v) is 2.36. The van der Waals surface area contributed by atoms with Crippen molar-refractivity contribution in [2.45, 2.75) is 13.2 Å². The van der Waals surface area contributed by atoms with Crippen molar-refractivity contribution in [3.05, 3.63) is 34.9 Å². The van der Waals surface area contributed by atoms with Gasteiger partial charge in [-0.25, -0.2) is 5.48 Å². The van der Waals surface area contributed by atoms with Crippen molar-refractivity contribution < 1.29 is 19.2 Å². The fraction of sp³-hybridized carbons (Fsp3) is 0.273. The molecule has 17 heavy (non-hydrogen) atoms. The molecule has 0 aromatic heterocycles. The van der Waals surface area contributed by atoms with E-state index in [2.05, 4.69) is 10.3 Å². The molecular weight excluding hydrogens is 224 g/mol. The summed E-state index contributed by atoms with van der Waals surface area (Å²) in [5.41, 5.74) is 9.53. The first-order chi connectivity index (χ1) is 8.16. The normalized spacial score (nSPS) is 13.2. The molecule has 1 heterocycles. The maximum atomic E-state index is 11.6. The van der Waals surface area contributed by atoms with Gasteiger partial charge in [-0.3, -0.25) is 14.4 Å². The zero-order valence-corrected chi connectivity index (χ0v) is 9.06. The van der Waals surface area contributed by atoms with Gasteiger partial charge in [0.05, 0.1) is 13.2 Å². The molecule has 1 aliphatic rings. The number of nitrogens with one attached hydrogen (secondary N) is 1. The molecule has 0 atom stereocenters. The second kappa shape index (κ2) is 4.94. The molecule has 6 heteroatoms. The Kier molecular flexibility index (Phi) is 3.36. The van der Waals surface area contributed by atoms with Gasteiger partial charge < -0.3 is 10.5 Å². The topological polar surface area (TPSA) is 90.7 Å². The Morgan fingerprint density at radius 1 is 1.35 bits per heavy atom. The van der Waals surface area contributed by atoms with Crippen LogP contribution in [0.2, 0.25) is 0 Å². The molecule has 0 saturated carbocycles. The highest BCUT2D eigenvalue weighted by Crippen LogP contribution is 2.20. The monoisotopic (exact) mass is 236 g/mol. The predicted octanol–water partition coefficient (Wildman–Crippen LogP) is -0.136. The van der Waals surface area contributed by atoms with Gasteiger partial charge in [-0.05, 0) is 23.3 Å². The fourth-order valence-corrected chi connectivity index (χ4v) is 1.54. The zero-order valence-electron chi connectivity index (χ0n) is 9.06. The average Bonchev–Trinajstić information content (AvgIpc) is 2.75. The van der Waals surface area contributed by atoms with Crippen molar-refractivity contribution in [2.24, 2.45) is 5.73 Å². The summed E-state index contributed by atoms with van der Waals surface area (Å²) in [6.07, 6.45) is 0. The van der Waals surface area contributed by atoms with Crippen LogP contribution in [0.1, 0.15) is 21.5 Å². The third kappa shape index (κ3) is 2.80. The van der Waals surface area contributed by atoms with Crippen LogP contribution in [0.4, 0.5) is 0 Å². The number of carbonyl (C=O) groups excluding carboxylic acids is 2. The molecule has 1 aromatic rings. The van der Waals surface area contributed by atoms with Crippen molar-refractivity contribution in [1.82, 2.24) is 5.48 Å². The van der Waals surface area contributed by atoms with Crippen molar-refractivity contribution in [2.75, 3.05) is 6.61 Å². The van der Waals surface area contributed by atoms with Crippen molar-refractivity contribution in [3.8, 4) is 0 Å². The second-order valence-corrected chi connectivity index (χ2v) is 3.66. The summed E-state index contributed by atoms with van der Waals surface area (Å²) in [5.74, 6) is -1.06. The minimum absolute atomic E-state index is 0.347. The van der Waals surface area contributed by atoms with Crippen LogP contribution in [0.5, 0.6) is 0 Å². The number of benzene rings is 1.